The van der Waals surface area contributed by atoms with Crippen LogP contribution < -0.4 is 4.90 Å². The van der Waals surface area contributed by atoms with Gasteiger partial charge in [0.15, 0.2) is 0 Å². The summed E-state index contributed by atoms with van der Waals surface area (Å²) in [6.45, 7) is 5.65. The maximum atomic E-state index is 2.52. The minimum absolute atomic E-state index is 0. The van der Waals surface area contributed by atoms with Crippen molar-refractivity contribution in [2.24, 2.45) is 0 Å². The van der Waals surface area contributed by atoms with Gasteiger partial charge in [0.1, 0.15) is 0 Å². The van der Waals surface area contributed by atoms with Crippen LogP contribution in [0.3, 0.4) is 0 Å². The molecule has 1 aliphatic heterocycles. The molecule has 0 bridgehead atoms. The number of hydrogen-bond donors (Lipinski definition) is 0. The van der Waals surface area contributed by atoms with Crippen molar-refractivity contribution in [3.63, 3.8) is 0 Å². The lowest BCUT2D eigenvalue weighted by Crippen LogP contribution is -2.30. The Morgan fingerprint density at radius 2 is 2.00 bits per heavy atom. The highest BCUT2D eigenvalue weighted by molar-refractivity contribution is 14.0. The van der Waals surface area contributed by atoms with E-state index in [1.807, 2.05) is 0 Å². The van der Waals surface area contributed by atoms with Crippen molar-refractivity contribution in [3.8, 4) is 0 Å². The molecule has 0 aliphatic carbocycles. The van der Waals surface area contributed by atoms with E-state index in [1.165, 1.54) is 24.1 Å². The molecule has 1 nitrogen and oxygen atoms in total. The predicted molar refractivity (Wildman–Crippen MR) is 72.7 cm³/mol. The number of anilines is 1. The molecular weight excluding hydrogens is 285 g/mol. The van der Waals surface area contributed by atoms with Crippen molar-refractivity contribution < 1.29 is 0 Å². The van der Waals surface area contributed by atoms with E-state index in [9.17, 15) is 0 Å². The molecule has 0 saturated heterocycles. The normalized spacial score (nSPS) is 19.0. The van der Waals surface area contributed by atoms with Gasteiger partial charge in [-0.3, -0.25) is 0 Å². The van der Waals surface area contributed by atoms with E-state index in [-0.39, 0.29) is 24.0 Å². The Morgan fingerprint density at radius 1 is 1.29 bits per heavy atom. The molecule has 1 aliphatic rings. The van der Waals surface area contributed by atoms with Crippen molar-refractivity contribution in [2.75, 3.05) is 11.4 Å². The van der Waals surface area contributed by atoms with Crippen molar-refractivity contribution in [1.29, 1.82) is 0 Å². The van der Waals surface area contributed by atoms with E-state index in [2.05, 4.69) is 43.0 Å². The highest BCUT2D eigenvalue weighted by Gasteiger charge is 2.25. The number of hydrogen-bond acceptors (Lipinski definition) is 1. The van der Waals surface area contributed by atoms with Gasteiger partial charge in [-0.25, -0.2) is 0 Å². The number of para-hydroxylation sites is 1. The van der Waals surface area contributed by atoms with E-state index >= 15 is 0 Å². The van der Waals surface area contributed by atoms with Gasteiger partial charge in [0.2, 0.25) is 0 Å². The number of likely N-dealkylation sites (N-methyl/N-ethyl adjacent to an activating group) is 1. The van der Waals surface area contributed by atoms with Gasteiger partial charge in [0.25, 0.3) is 0 Å². The minimum Gasteiger partial charge on any atom is -0.368 e. The second kappa shape index (κ2) is 5.01. The lowest BCUT2D eigenvalue weighted by molar-refractivity contribution is 0.615. The molecule has 1 heterocycles. The zero-order chi connectivity index (χ0) is 9.26. The first kappa shape index (κ1) is 11.8. The van der Waals surface area contributed by atoms with Crippen LogP contribution in [0, 0.1) is 0 Å². The zero-order valence-electron chi connectivity index (χ0n) is 8.86. The van der Waals surface area contributed by atoms with Crippen molar-refractivity contribution >= 4 is 29.7 Å². The molecule has 2 heteroatoms. The second-order valence-electron chi connectivity index (χ2n) is 3.68. The molecule has 0 saturated carbocycles. The van der Waals surface area contributed by atoms with E-state index in [0.717, 1.165) is 12.6 Å². The Labute approximate surface area is 104 Å². The monoisotopic (exact) mass is 303 g/mol. The Morgan fingerprint density at radius 3 is 2.64 bits per heavy atom. The van der Waals surface area contributed by atoms with Gasteiger partial charge >= 0.3 is 0 Å². The van der Waals surface area contributed by atoms with Crippen molar-refractivity contribution in [1.82, 2.24) is 0 Å². The zero-order valence-corrected chi connectivity index (χ0v) is 11.2. The van der Waals surface area contributed by atoms with Crippen molar-refractivity contribution in [2.45, 2.75) is 32.7 Å². The lowest BCUT2D eigenvalue weighted by atomic mass is 10.1. The number of nitrogens with zero attached hydrogens (tertiary/aromatic N) is 1. The van der Waals surface area contributed by atoms with Crippen LogP contribution in [0.25, 0.3) is 0 Å². The molecule has 0 amide bonds. The van der Waals surface area contributed by atoms with E-state index in [1.54, 1.807) is 0 Å². The fourth-order valence-corrected chi connectivity index (χ4v) is 2.32. The van der Waals surface area contributed by atoms with Crippen LogP contribution in [-0.2, 0) is 6.42 Å². The van der Waals surface area contributed by atoms with Gasteiger partial charge in [-0.15, -0.1) is 24.0 Å². The summed E-state index contributed by atoms with van der Waals surface area (Å²) in [6, 6.07) is 9.52. The molecule has 0 spiro atoms. The van der Waals surface area contributed by atoms with E-state index in [0.29, 0.717) is 0 Å². The lowest BCUT2D eigenvalue weighted by Gasteiger charge is -2.24. The summed E-state index contributed by atoms with van der Waals surface area (Å²) in [6.07, 6.45) is 2.49. The molecule has 0 aromatic heterocycles. The largest absolute Gasteiger partial charge is 0.368 e. The maximum Gasteiger partial charge on any atom is 0.0402 e. The first-order chi connectivity index (χ1) is 6.36. The summed E-state index contributed by atoms with van der Waals surface area (Å²) < 4.78 is 0. The van der Waals surface area contributed by atoms with Gasteiger partial charge in [-0.1, -0.05) is 25.1 Å². The van der Waals surface area contributed by atoms with Crippen LogP contribution in [0.4, 0.5) is 5.69 Å². The molecule has 1 aromatic carbocycles. The molecule has 14 heavy (non-hydrogen) atoms. The maximum absolute atomic E-state index is 2.52. The van der Waals surface area contributed by atoms with Gasteiger partial charge in [0.05, 0.1) is 0 Å². The number of halogens is 1. The van der Waals surface area contributed by atoms with Crippen LogP contribution >= 0.6 is 24.0 Å². The fraction of sp³-hybridized carbons (Fsp3) is 0.500. The minimum atomic E-state index is 0. The average molecular weight is 303 g/mol. The topological polar surface area (TPSA) is 3.24 Å². The standard InChI is InChI=1S/C12H17N.HI/c1-3-11-9-10-7-5-6-8-12(10)13(11)4-2;/h5-8,11H,3-4,9H2,1-2H3;1H. The van der Waals surface area contributed by atoms with Gasteiger partial charge < -0.3 is 4.90 Å². The summed E-state index contributed by atoms with van der Waals surface area (Å²) >= 11 is 0. The third-order valence-corrected chi connectivity index (χ3v) is 3.01. The molecule has 2 rings (SSSR count). The Kier molecular flexibility index (Phi) is 4.23. The molecule has 0 fully saturated rings. The second-order valence-corrected chi connectivity index (χ2v) is 3.68. The number of fused-ring (bicyclic) bond motifs is 1. The fourth-order valence-electron chi connectivity index (χ4n) is 2.32. The average Bonchev–Trinajstić information content (AvgIpc) is 2.55. The first-order valence-electron chi connectivity index (χ1n) is 5.21. The van der Waals surface area contributed by atoms with Crippen LogP contribution in [0.1, 0.15) is 25.8 Å². The van der Waals surface area contributed by atoms with Gasteiger partial charge in [0, 0.05) is 18.3 Å². The molecule has 0 N–H and O–H groups in total. The number of rotatable bonds is 2. The third-order valence-electron chi connectivity index (χ3n) is 3.01. The molecule has 1 atom stereocenters. The highest BCUT2D eigenvalue weighted by atomic mass is 127. The summed E-state index contributed by atoms with van der Waals surface area (Å²) in [5.74, 6) is 0. The quantitative estimate of drug-likeness (QED) is 0.756. The third kappa shape index (κ3) is 1.90. The predicted octanol–water partition coefficient (Wildman–Crippen LogP) is 3.47. The Bertz CT molecular complexity index is 298. The molecule has 0 radical (unpaired) electrons. The Balaban J connectivity index is 0.000000980. The summed E-state index contributed by atoms with van der Waals surface area (Å²) in [5, 5.41) is 0. The first-order valence-corrected chi connectivity index (χ1v) is 5.21. The molecule has 1 unspecified atom stereocenters. The van der Waals surface area contributed by atoms with Crippen molar-refractivity contribution in [3.05, 3.63) is 29.8 Å². The summed E-state index contributed by atoms with van der Waals surface area (Å²) in [5.41, 5.74) is 2.98. The summed E-state index contributed by atoms with van der Waals surface area (Å²) in [7, 11) is 0. The van der Waals surface area contributed by atoms with Crippen LogP contribution in [0.15, 0.2) is 24.3 Å². The molecule has 1 aromatic rings. The Hall–Kier alpha value is -0.250. The van der Waals surface area contributed by atoms with Gasteiger partial charge in [-0.05, 0) is 31.4 Å². The highest BCUT2D eigenvalue weighted by Crippen LogP contribution is 2.32. The summed E-state index contributed by atoms with van der Waals surface area (Å²) in [4.78, 5) is 2.52. The molecular formula is C12H18IN. The van der Waals surface area contributed by atoms with Crippen LogP contribution in [-0.4, -0.2) is 12.6 Å². The van der Waals surface area contributed by atoms with Crippen LogP contribution in [0.5, 0.6) is 0 Å². The smallest absolute Gasteiger partial charge is 0.0402 e. The molecule has 78 valence electrons. The van der Waals surface area contributed by atoms with E-state index < -0.39 is 0 Å². The van der Waals surface area contributed by atoms with Gasteiger partial charge in [-0.2, -0.15) is 0 Å². The SMILES string of the molecule is CCC1Cc2ccccc2N1CC.I. The van der Waals surface area contributed by atoms with Crippen LogP contribution in [0.2, 0.25) is 0 Å². The van der Waals surface area contributed by atoms with E-state index in [4.69, 9.17) is 0 Å². The number of benzene rings is 1.